The first kappa shape index (κ1) is 18.5. The number of allylic oxidation sites excluding steroid dienone is 2. The van der Waals surface area contributed by atoms with Crippen LogP contribution < -0.4 is 0 Å². The summed E-state index contributed by atoms with van der Waals surface area (Å²) in [4.78, 5) is 3.50. The van der Waals surface area contributed by atoms with Crippen LogP contribution in [0, 0.1) is 13.0 Å². The number of rotatable bonds is 1. The summed E-state index contributed by atoms with van der Waals surface area (Å²) >= 11 is 0.396. The first-order valence-electron chi connectivity index (χ1n) is 4.94. The third-order valence-electron chi connectivity index (χ3n) is 2.61. The first-order chi connectivity index (χ1) is 8.84. The summed E-state index contributed by atoms with van der Waals surface area (Å²) in [6, 6.07) is 0. The molecule has 0 amide bonds. The van der Waals surface area contributed by atoms with Crippen LogP contribution in [-0.2, 0) is 20.1 Å². The minimum atomic E-state index is -6.26. The number of aromatic nitrogens is 1. The molecule has 121 valence electrons. The normalized spacial score (nSPS) is 24.9. The maximum absolute atomic E-state index is 13.5. The number of hydrogen-bond donors (Lipinski definition) is 0. The van der Waals surface area contributed by atoms with E-state index in [1.165, 1.54) is 6.92 Å². The predicted molar refractivity (Wildman–Crippen MR) is 53.3 cm³/mol. The van der Waals surface area contributed by atoms with E-state index in [0.717, 1.165) is 6.20 Å². The van der Waals surface area contributed by atoms with Crippen molar-refractivity contribution in [1.29, 1.82) is 0 Å². The van der Waals surface area contributed by atoms with Crippen molar-refractivity contribution in [3.05, 3.63) is 22.2 Å². The van der Waals surface area contributed by atoms with Gasteiger partial charge in [-0.15, -0.1) is 5.57 Å². The Bertz CT molecular complexity index is 579. The van der Waals surface area contributed by atoms with Crippen LogP contribution in [0.3, 0.4) is 0 Å². The Kier molecular flexibility index (Phi) is 4.40. The van der Waals surface area contributed by atoms with E-state index in [-0.39, 0.29) is 25.0 Å². The van der Waals surface area contributed by atoms with Gasteiger partial charge in [-0.25, -0.2) is 20.1 Å². The third kappa shape index (κ3) is 2.33. The van der Waals surface area contributed by atoms with E-state index in [9.17, 15) is 35.1 Å². The molecule has 1 aliphatic carbocycles. The predicted octanol–water partition coefficient (Wildman–Crippen LogP) is 4.19. The number of hydrogen-bond acceptors (Lipinski definition) is 2. The van der Waals surface area contributed by atoms with Gasteiger partial charge >= 0.3 is 17.8 Å². The van der Waals surface area contributed by atoms with Crippen molar-refractivity contribution in [1.82, 2.24) is 4.98 Å². The van der Waals surface area contributed by atoms with Gasteiger partial charge in [-0.2, -0.15) is 32.4 Å². The van der Waals surface area contributed by atoms with Crippen LogP contribution in [0.5, 0.6) is 0 Å². The molecular formula is C10H4F8IrNS-. The Balaban J connectivity index is 0.00000220. The molecule has 1 aliphatic rings. The topological polar surface area (TPSA) is 12.9 Å². The van der Waals surface area contributed by atoms with Crippen molar-refractivity contribution in [3.8, 4) is 0 Å². The van der Waals surface area contributed by atoms with Gasteiger partial charge in [0.1, 0.15) is 0 Å². The second kappa shape index (κ2) is 4.99. The van der Waals surface area contributed by atoms with E-state index in [1.54, 1.807) is 0 Å². The van der Waals surface area contributed by atoms with E-state index in [4.69, 9.17) is 0 Å². The van der Waals surface area contributed by atoms with E-state index < -0.39 is 34.3 Å². The van der Waals surface area contributed by atoms with Crippen LogP contribution in [0.15, 0.2) is 6.20 Å². The zero-order valence-electron chi connectivity index (χ0n) is 9.79. The van der Waals surface area contributed by atoms with Crippen LogP contribution in [0.4, 0.5) is 35.1 Å². The summed E-state index contributed by atoms with van der Waals surface area (Å²) in [7, 11) is 0. The average Bonchev–Trinajstić information content (AvgIpc) is 2.70. The van der Waals surface area contributed by atoms with E-state index in [2.05, 4.69) is 4.98 Å². The number of alkyl halides is 8. The molecule has 0 aromatic carbocycles. The zero-order valence-corrected chi connectivity index (χ0v) is 13.0. The monoisotopic (exact) mass is 515 g/mol. The maximum Gasteiger partial charge on any atom is 0.378 e. The minimum absolute atomic E-state index is 0. The molecule has 0 fully saturated rings. The Labute approximate surface area is 130 Å². The Hall–Kier alpha value is -0.541. The number of thiazole rings is 1. The van der Waals surface area contributed by atoms with Crippen LogP contribution >= 0.6 is 11.3 Å². The summed E-state index contributed by atoms with van der Waals surface area (Å²) in [5.74, 6) is -23.6. The molecular weight excluding hydrogens is 510 g/mol. The Morgan fingerprint density at radius 1 is 1.00 bits per heavy atom. The zero-order chi connectivity index (χ0) is 15.6. The average molecular weight is 514 g/mol. The van der Waals surface area contributed by atoms with E-state index in [1.807, 2.05) is 0 Å². The number of halogens is 8. The summed E-state index contributed by atoms with van der Waals surface area (Å²) in [6.07, 6.45) is 1.48. The molecule has 0 aliphatic heterocycles. The molecule has 0 atom stereocenters. The largest absolute Gasteiger partial charge is 0.378 e. The number of nitrogens with zero attached hydrogens (tertiary/aromatic N) is 1. The Morgan fingerprint density at radius 3 is 1.95 bits per heavy atom. The van der Waals surface area contributed by atoms with Crippen molar-refractivity contribution >= 4 is 16.9 Å². The van der Waals surface area contributed by atoms with Gasteiger partial charge in [0.25, 0.3) is 5.92 Å². The smallest absolute Gasteiger partial charge is 0.339 e. The molecule has 1 radical (unpaired) electrons. The molecule has 1 nitrogen and oxygen atoms in total. The maximum atomic E-state index is 13.5. The minimum Gasteiger partial charge on any atom is -0.339 e. The van der Waals surface area contributed by atoms with Gasteiger partial charge in [-0.1, -0.05) is 0 Å². The molecule has 1 aromatic heterocycles. The van der Waals surface area contributed by atoms with Crippen LogP contribution in [-0.4, -0.2) is 28.7 Å². The summed E-state index contributed by atoms with van der Waals surface area (Å²) < 4.78 is 105. The molecule has 0 spiro atoms. The molecule has 0 N–H and O–H groups in total. The SMILES string of the molecule is Cc1cnc(C2=[C-]C(F)(F)C(F)(F)C(F)(F)C2(F)F)s1.[Ir]. The van der Waals surface area contributed by atoms with Gasteiger partial charge in [0.15, 0.2) is 0 Å². The second-order valence-corrected chi connectivity index (χ2v) is 5.31. The van der Waals surface area contributed by atoms with Gasteiger partial charge in [0, 0.05) is 31.2 Å². The molecule has 1 heterocycles. The van der Waals surface area contributed by atoms with Gasteiger partial charge in [0.2, 0.25) is 0 Å². The van der Waals surface area contributed by atoms with Gasteiger partial charge in [-0.3, -0.25) is 0 Å². The third-order valence-corrected chi connectivity index (χ3v) is 3.54. The summed E-state index contributed by atoms with van der Waals surface area (Å²) in [5.41, 5.74) is -2.02. The van der Waals surface area contributed by atoms with Crippen LogP contribution in [0.25, 0.3) is 5.57 Å². The van der Waals surface area contributed by atoms with Crippen LogP contribution in [0.2, 0.25) is 0 Å². The number of aryl methyl sites for hydroxylation is 1. The second-order valence-electron chi connectivity index (χ2n) is 4.07. The fraction of sp³-hybridized carbons (Fsp3) is 0.500. The molecule has 0 unspecified atom stereocenters. The molecule has 0 saturated carbocycles. The molecule has 0 bridgehead atoms. The van der Waals surface area contributed by atoms with Crippen molar-refractivity contribution in [2.45, 2.75) is 30.6 Å². The molecule has 21 heavy (non-hydrogen) atoms. The quantitative estimate of drug-likeness (QED) is 0.405. The van der Waals surface area contributed by atoms with Crippen molar-refractivity contribution in [2.24, 2.45) is 0 Å². The van der Waals surface area contributed by atoms with Gasteiger partial charge in [0.05, 0.1) is 0 Å². The standard InChI is InChI=1S/C10H4F8NS.Ir/c1-4-3-19-6(20-4)5-2-7(11,12)9(15,16)10(17,18)8(5,13)14;/h3H,1H3;/q-1;. The Morgan fingerprint density at radius 2 is 1.52 bits per heavy atom. The van der Waals surface area contributed by atoms with Crippen molar-refractivity contribution in [3.63, 3.8) is 0 Å². The molecule has 1 aromatic rings. The summed E-state index contributed by atoms with van der Waals surface area (Å²) in [6.45, 7) is 1.35. The van der Waals surface area contributed by atoms with E-state index in [0.29, 0.717) is 17.4 Å². The van der Waals surface area contributed by atoms with Crippen molar-refractivity contribution < 1.29 is 55.2 Å². The van der Waals surface area contributed by atoms with Gasteiger partial charge in [-0.05, 0) is 11.9 Å². The molecule has 2 rings (SSSR count). The fourth-order valence-corrected chi connectivity index (χ4v) is 2.32. The van der Waals surface area contributed by atoms with Gasteiger partial charge < -0.3 is 4.98 Å². The van der Waals surface area contributed by atoms with Crippen molar-refractivity contribution in [2.75, 3.05) is 0 Å². The van der Waals surface area contributed by atoms with Crippen LogP contribution in [0.1, 0.15) is 9.88 Å². The fourth-order valence-electron chi connectivity index (χ4n) is 1.52. The first-order valence-corrected chi connectivity index (χ1v) is 5.76. The summed E-state index contributed by atoms with van der Waals surface area (Å²) in [5, 5.41) is -0.901. The molecule has 0 saturated heterocycles. The molecule has 11 heteroatoms. The van der Waals surface area contributed by atoms with E-state index >= 15 is 0 Å².